The zero-order valence-corrected chi connectivity index (χ0v) is 40.6. The highest BCUT2D eigenvalue weighted by Gasteiger charge is 2.69. The summed E-state index contributed by atoms with van der Waals surface area (Å²) in [4.78, 5) is 77.3. The lowest BCUT2D eigenvalue weighted by Crippen LogP contribution is -2.76. The Morgan fingerprint density at radius 1 is 0.781 bits per heavy atom. The van der Waals surface area contributed by atoms with Gasteiger partial charge in [0.25, 0.3) is 10.2 Å². The van der Waals surface area contributed by atoms with Crippen molar-refractivity contribution in [3.63, 3.8) is 0 Å². The summed E-state index contributed by atoms with van der Waals surface area (Å²) in [5, 5.41) is 19.1. The number of alkyl halides is 3. The average molecular weight is 1040 g/mol. The largest absolute Gasteiger partial charge is 0.496 e. The zero-order valence-electron chi connectivity index (χ0n) is 40.6. The van der Waals surface area contributed by atoms with Crippen molar-refractivity contribution in [1.82, 2.24) is 14.7 Å². The predicted molar refractivity (Wildman–Crippen MR) is 246 cm³/mol. The maximum atomic E-state index is 15.0. The Balaban J connectivity index is 1.18. The van der Waals surface area contributed by atoms with E-state index >= 15 is 0 Å². The molecule has 2 heterocycles. The number of carbonyl (C=O) groups is 3. The highest BCUT2D eigenvalue weighted by molar-refractivity contribution is 5.82. The molecule has 3 amide bonds. The fourth-order valence-corrected chi connectivity index (χ4v) is 9.30. The number of amides is 3. The van der Waals surface area contributed by atoms with Gasteiger partial charge < -0.3 is 52.6 Å². The number of halogens is 4. The second kappa shape index (κ2) is 25.7. The first-order valence-corrected chi connectivity index (χ1v) is 23.6. The van der Waals surface area contributed by atoms with Crippen molar-refractivity contribution in [2.75, 3.05) is 86.3 Å². The summed E-state index contributed by atoms with van der Waals surface area (Å²) in [6.45, 7) is 2.78. The first-order valence-electron chi connectivity index (χ1n) is 23.6. The van der Waals surface area contributed by atoms with Crippen LogP contribution in [-0.2, 0) is 52.6 Å². The number of fused-ring (bicyclic) bond motifs is 1. The average Bonchev–Trinajstić information content (AvgIpc) is 4.14. The van der Waals surface area contributed by atoms with Gasteiger partial charge in [-0.1, -0.05) is 31.2 Å². The molecule has 400 valence electrons. The predicted octanol–water partition coefficient (Wildman–Crippen LogP) is 6.85. The van der Waals surface area contributed by atoms with Gasteiger partial charge in [0.05, 0.1) is 70.3 Å². The summed E-state index contributed by atoms with van der Waals surface area (Å²) in [5.74, 6) is -1.23. The maximum Gasteiger partial charge on any atom is 0.416 e. The quantitative estimate of drug-likeness (QED) is 0.0300. The van der Waals surface area contributed by atoms with Crippen molar-refractivity contribution >= 4 is 18.1 Å². The molecule has 4 unspecified atom stereocenters. The van der Waals surface area contributed by atoms with E-state index in [2.05, 4.69) is 9.68 Å². The Morgan fingerprint density at radius 2 is 1.37 bits per heavy atom. The monoisotopic (exact) mass is 1040 g/mol. The number of ether oxygens (including phenoxy) is 7. The van der Waals surface area contributed by atoms with Crippen molar-refractivity contribution in [2.45, 2.75) is 76.8 Å². The number of aryl methyl sites for hydroxylation is 1. The molecule has 73 heavy (non-hydrogen) atoms. The molecular formula is C48H59F4N5O16. The molecule has 3 fully saturated rings. The summed E-state index contributed by atoms with van der Waals surface area (Å²) in [6.07, 6.45) is -3.41. The van der Waals surface area contributed by atoms with Gasteiger partial charge in [-0.25, -0.2) is 14.0 Å². The lowest BCUT2D eigenvalue weighted by molar-refractivity contribution is -0.758. The molecule has 2 aliphatic heterocycles. The first-order chi connectivity index (χ1) is 34.9. The van der Waals surface area contributed by atoms with Gasteiger partial charge in [0.2, 0.25) is 5.91 Å². The van der Waals surface area contributed by atoms with Crippen LogP contribution in [0.1, 0.15) is 54.9 Å². The van der Waals surface area contributed by atoms with Crippen LogP contribution in [0.4, 0.5) is 27.2 Å². The van der Waals surface area contributed by atoms with E-state index in [1.807, 2.05) is 42.2 Å². The van der Waals surface area contributed by atoms with Crippen LogP contribution in [0.5, 0.6) is 17.2 Å². The highest BCUT2D eigenvalue weighted by Crippen LogP contribution is 2.55. The number of unbranched alkanes of at least 4 members (excludes halogenated alkanes) is 1. The third-order valence-corrected chi connectivity index (χ3v) is 12.7. The van der Waals surface area contributed by atoms with E-state index in [0.717, 1.165) is 41.7 Å². The van der Waals surface area contributed by atoms with E-state index in [9.17, 15) is 52.2 Å². The molecule has 25 heteroatoms. The number of rotatable bonds is 29. The summed E-state index contributed by atoms with van der Waals surface area (Å²) in [6, 6.07) is 13.4. The zero-order chi connectivity index (χ0) is 52.7. The Hall–Kier alpha value is -6.89. The fourth-order valence-electron chi connectivity index (χ4n) is 9.30. The van der Waals surface area contributed by atoms with Gasteiger partial charge in [0.15, 0.2) is 11.6 Å². The van der Waals surface area contributed by atoms with Crippen LogP contribution in [0.3, 0.4) is 0 Å². The minimum atomic E-state index is -4.68. The first kappa shape index (κ1) is 55.4. The third kappa shape index (κ3) is 15.1. The van der Waals surface area contributed by atoms with E-state index in [4.69, 9.17) is 33.2 Å². The van der Waals surface area contributed by atoms with Gasteiger partial charge in [-0.2, -0.15) is 13.2 Å². The van der Waals surface area contributed by atoms with Crippen LogP contribution in [-0.4, -0.2) is 147 Å². The highest BCUT2D eigenvalue weighted by atomic mass is 19.4. The van der Waals surface area contributed by atoms with Gasteiger partial charge in [-0.05, 0) is 92.1 Å². The van der Waals surface area contributed by atoms with Gasteiger partial charge in [-0.3, -0.25) is 9.69 Å². The minimum absolute atomic E-state index is 0.00544. The standard InChI is InChI=1S/C48H59F4N5O16/c1-32-26-35(8-14-40(32)65-3)29-54(37-10-11-37)44(58)33(2)43-47(28-34-6-12-38(13-7-34)68-16-4-5-17-69-41-15-9-36(27-39(41)49)48(50,51)52)31-53(45(59)70-22-18-66-20-24-72-56(61)62)30-42(47)55(43)46(60)71-23-19-67-21-25-73-57(63)64/h6-9,12-15,26-27,33,37,42-43H,4-5,10-11,16-25,28-31H2,1-3H3. The van der Waals surface area contributed by atoms with Gasteiger partial charge >= 0.3 is 18.4 Å². The number of carbonyl (C=O) groups excluding carboxylic acids is 3. The molecule has 0 aromatic heterocycles. The minimum Gasteiger partial charge on any atom is -0.496 e. The molecule has 3 aromatic carbocycles. The molecule has 0 N–H and O–H groups in total. The van der Waals surface area contributed by atoms with Crippen molar-refractivity contribution in [2.24, 2.45) is 11.3 Å². The van der Waals surface area contributed by atoms with E-state index < -0.39 is 63.3 Å². The van der Waals surface area contributed by atoms with Crippen LogP contribution in [0.2, 0.25) is 0 Å². The number of hydrogen-bond acceptors (Lipinski definition) is 16. The lowest BCUT2D eigenvalue weighted by atomic mass is 9.59. The van der Waals surface area contributed by atoms with Crippen molar-refractivity contribution < 1.29 is 85.0 Å². The molecule has 4 atom stereocenters. The second-order valence-electron chi connectivity index (χ2n) is 17.7. The Morgan fingerprint density at radius 3 is 1.95 bits per heavy atom. The lowest BCUT2D eigenvalue weighted by Gasteiger charge is -2.61. The molecule has 0 bridgehead atoms. The van der Waals surface area contributed by atoms with Crippen LogP contribution >= 0.6 is 0 Å². The van der Waals surface area contributed by atoms with E-state index in [-0.39, 0.29) is 103 Å². The number of methoxy groups -OCH3 is 1. The Labute approximate surface area is 417 Å². The molecule has 3 aliphatic rings. The number of benzene rings is 3. The van der Waals surface area contributed by atoms with Crippen molar-refractivity contribution in [3.8, 4) is 17.2 Å². The summed E-state index contributed by atoms with van der Waals surface area (Å²) in [7, 11) is 1.58. The smallest absolute Gasteiger partial charge is 0.416 e. The van der Waals surface area contributed by atoms with Gasteiger partial charge in [0.1, 0.15) is 37.9 Å². The normalized spacial score (nSPS) is 18.5. The van der Waals surface area contributed by atoms with Crippen LogP contribution < -0.4 is 14.2 Å². The van der Waals surface area contributed by atoms with E-state index in [1.165, 1.54) is 9.80 Å². The van der Waals surface area contributed by atoms with Gasteiger partial charge in [-0.15, -0.1) is 20.2 Å². The summed E-state index contributed by atoms with van der Waals surface area (Å²) >= 11 is 0. The van der Waals surface area contributed by atoms with Crippen molar-refractivity contribution in [1.29, 1.82) is 0 Å². The SMILES string of the molecule is COc1ccc(CN(C(=O)C(C)C2N(C(=O)OCCOCCO[N+](=O)[O-])C3CN(C(=O)OCCOCCO[N+](=O)[O-])CC32Cc2ccc(OCCCCOc3ccc(C(F)(F)F)cc3F)cc2)C2CC2)cc1C. The number of hydrogen-bond donors (Lipinski definition) is 0. The van der Waals surface area contributed by atoms with E-state index in [1.54, 1.807) is 26.2 Å². The molecule has 3 aromatic rings. The van der Waals surface area contributed by atoms with E-state index in [0.29, 0.717) is 37.0 Å². The molecule has 21 nitrogen and oxygen atoms in total. The van der Waals surface area contributed by atoms with Crippen LogP contribution in [0, 0.1) is 44.3 Å². The Kier molecular flexibility index (Phi) is 19.5. The number of likely N-dealkylation sites (tertiary alicyclic amines) is 2. The molecule has 1 aliphatic carbocycles. The molecule has 6 rings (SSSR count). The summed E-state index contributed by atoms with van der Waals surface area (Å²) < 4.78 is 91.6. The molecule has 2 saturated heterocycles. The summed E-state index contributed by atoms with van der Waals surface area (Å²) in [5.41, 5.74) is 0.532. The fraction of sp³-hybridized carbons (Fsp3) is 0.562. The molecule has 0 radical (unpaired) electrons. The molecular weight excluding hydrogens is 979 g/mol. The number of nitrogens with zero attached hydrogens (tertiary/aromatic N) is 5. The topological polar surface area (TPSA) is 230 Å². The second-order valence-corrected chi connectivity index (χ2v) is 17.7. The van der Waals surface area contributed by atoms with Crippen LogP contribution in [0.15, 0.2) is 60.7 Å². The molecule has 0 spiro atoms. The van der Waals surface area contributed by atoms with Crippen LogP contribution in [0.25, 0.3) is 0 Å². The Bertz CT molecular complexity index is 2360. The van der Waals surface area contributed by atoms with Crippen molar-refractivity contribution in [3.05, 3.63) is 109 Å². The molecule has 1 saturated carbocycles. The van der Waals surface area contributed by atoms with Gasteiger partial charge in [0, 0.05) is 31.1 Å². The maximum absolute atomic E-state index is 15.0. The third-order valence-electron chi connectivity index (χ3n) is 12.7.